The highest BCUT2D eigenvalue weighted by Gasteiger charge is 2.34. The lowest BCUT2D eigenvalue weighted by atomic mass is 9.89. The maximum absolute atomic E-state index is 13.5. The molecule has 0 radical (unpaired) electrons. The van der Waals surface area contributed by atoms with Gasteiger partial charge in [0.25, 0.3) is 0 Å². The van der Waals surface area contributed by atoms with Gasteiger partial charge in [-0.1, -0.05) is 18.2 Å². The van der Waals surface area contributed by atoms with E-state index in [1.807, 2.05) is 11.0 Å². The zero-order valence-electron chi connectivity index (χ0n) is 15.2. The third-order valence-corrected chi connectivity index (χ3v) is 5.31. The minimum Gasteiger partial charge on any atom is -0.368 e. The van der Waals surface area contributed by atoms with Crippen LogP contribution in [0, 0.1) is 12.7 Å². The molecule has 2 aliphatic rings. The predicted molar refractivity (Wildman–Crippen MR) is 102 cm³/mol. The summed E-state index contributed by atoms with van der Waals surface area (Å²) < 4.78 is 13.5. The van der Waals surface area contributed by atoms with E-state index in [2.05, 4.69) is 35.3 Å². The summed E-state index contributed by atoms with van der Waals surface area (Å²) in [6.45, 7) is 4.80. The van der Waals surface area contributed by atoms with E-state index in [0.717, 1.165) is 13.1 Å². The quantitative estimate of drug-likeness (QED) is 0.888. The highest BCUT2D eigenvalue weighted by Crippen LogP contribution is 2.34. The second kappa shape index (κ2) is 7.02. The molecule has 2 aromatic carbocycles. The number of rotatable bonds is 2. The van der Waals surface area contributed by atoms with Gasteiger partial charge >= 0.3 is 0 Å². The van der Waals surface area contributed by atoms with Crippen molar-refractivity contribution in [3.8, 4) is 0 Å². The normalized spacial score (nSPS) is 19.5. The van der Waals surface area contributed by atoms with Crippen molar-refractivity contribution in [2.45, 2.75) is 19.3 Å². The molecule has 4 rings (SSSR count). The third kappa shape index (κ3) is 3.52. The summed E-state index contributed by atoms with van der Waals surface area (Å²) in [4.78, 5) is 29.2. The van der Waals surface area contributed by atoms with Crippen LogP contribution in [-0.2, 0) is 9.59 Å². The van der Waals surface area contributed by atoms with Crippen molar-refractivity contribution in [1.29, 1.82) is 0 Å². The van der Waals surface area contributed by atoms with E-state index >= 15 is 0 Å². The summed E-state index contributed by atoms with van der Waals surface area (Å²) in [7, 11) is 0. The molecule has 0 bridgehead atoms. The highest BCUT2D eigenvalue weighted by atomic mass is 19.1. The topological polar surface area (TPSA) is 52.7 Å². The largest absolute Gasteiger partial charge is 0.368 e. The second-order valence-electron chi connectivity index (χ2n) is 7.19. The molecular weight excluding hydrogens is 345 g/mol. The maximum Gasteiger partial charge on any atom is 0.230 e. The number of hydrogen-bond acceptors (Lipinski definition) is 3. The summed E-state index contributed by atoms with van der Waals surface area (Å²) in [5, 5.41) is 2.66. The van der Waals surface area contributed by atoms with Gasteiger partial charge in [0.05, 0.1) is 5.92 Å². The molecule has 6 heteroatoms. The van der Waals surface area contributed by atoms with Crippen LogP contribution in [0.1, 0.15) is 23.5 Å². The summed E-state index contributed by atoms with van der Waals surface area (Å²) in [6, 6.07) is 12.6. The molecule has 1 atom stereocenters. The summed E-state index contributed by atoms with van der Waals surface area (Å²) in [6.07, 6.45) is 0.107. The van der Waals surface area contributed by atoms with E-state index in [4.69, 9.17) is 0 Å². The van der Waals surface area contributed by atoms with Crippen molar-refractivity contribution in [3.63, 3.8) is 0 Å². The molecule has 2 aromatic rings. The van der Waals surface area contributed by atoms with Gasteiger partial charge in [-0.3, -0.25) is 9.59 Å². The maximum atomic E-state index is 13.5. The number of fused-ring (bicyclic) bond motifs is 1. The van der Waals surface area contributed by atoms with E-state index in [9.17, 15) is 14.0 Å². The average Bonchev–Trinajstić information content (AvgIpc) is 2.66. The molecule has 5 nitrogen and oxygen atoms in total. The first-order chi connectivity index (χ1) is 13.0. The fraction of sp³-hybridized carbons (Fsp3) is 0.333. The number of hydrogen-bond donors (Lipinski definition) is 1. The number of piperazine rings is 1. The standard InChI is InChI=1S/C21H22FN3O2/c1-14-3-2-4-16(11-14)24-7-9-25(10-8-24)21(27)18-13-20(26)23-19-12-15(22)5-6-17(18)19/h2-6,11-12,18H,7-10,13H2,1H3,(H,23,26). The van der Waals surface area contributed by atoms with Gasteiger partial charge in [0.2, 0.25) is 11.8 Å². The van der Waals surface area contributed by atoms with E-state index in [1.54, 1.807) is 6.07 Å². The van der Waals surface area contributed by atoms with E-state index < -0.39 is 11.7 Å². The second-order valence-corrected chi connectivity index (χ2v) is 7.19. The van der Waals surface area contributed by atoms with E-state index in [0.29, 0.717) is 24.3 Å². The minimum absolute atomic E-state index is 0.0541. The third-order valence-electron chi connectivity index (χ3n) is 5.31. The van der Waals surface area contributed by atoms with Gasteiger partial charge in [-0.05, 0) is 42.3 Å². The fourth-order valence-electron chi connectivity index (χ4n) is 3.89. The Morgan fingerprint density at radius 3 is 2.63 bits per heavy atom. The van der Waals surface area contributed by atoms with Gasteiger partial charge in [0, 0.05) is 44.0 Å². The predicted octanol–water partition coefficient (Wildman–Crippen LogP) is 2.91. The van der Waals surface area contributed by atoms with Crippen LogP contribution in [0.5, 0.6) is 0 Å². The molecule has 0 spiro atoms. The smallest absolute Gasteiger partial charge is 0.230 e. The molecule has 2 amide bonds. The zero-order valence-corrected chi connectivity index (χ0v) is 15.2. The average molecular weight is 367 g/mol. The van der Waals surface area contributed by atoms with Crippen LogP contribution in [-0.4, -0.2) is 42.9 Å². The molecular formula is C21H22FN3O2. The number of benzene rings is 2. The van der Waals surface area contributed by atoms with Gasteiger partial charge in [0.15, 0.2) is 0 Å². The van der Waals surface area contributed by atoms with Crippen LogP contribution in [0.25, 0.3) is 0 Å². The molecule has 1 N–H and O–H groups in total. The Balaban J connectivity index is 1.48. The summed E-state index contributed by atoms with van der Waals surface area (Å²) in [5.74, 6) is -1.26. The Morgan fingerprint density at radius 1 is 1.11 bits per heavy atom. The number of aryl methyl sites for hydroxylation is 1. The molecule has 0 aliphatic carbocycles. The van der Waals surface area contributed by atoms with Crippen LogP contribution in [0.2, 0.25) is 0 Å². The Labute approximate surface area is 157 Å². The molecule has 1 unspecified atom stereocenters. The van der Waals surface area contributed by atoms with Crippen molar-refractivity contribution in [2.24, 2.45) is 0 Å². The van der Waals surface area contributed by atoms with E-state index in [1.165, 1.54) is 23.4 Å². The van der Waals surface area contributed by atoms with E-state index in [-0.39, 0.29) is 18.2 Å². The number of carbonyl (C=O) groups excluding carboxylic acids is 2. The van der Waals surface area contributed by atoms with Crippen LogP contribution in [0.4, 0.5) is 15.8 Å². The van der Waals surface area contributed by atoms with Gasteiger partial charge < -0.3 is 15.1 Å². The summed E-state index contributed by atoms with van der Waals surface area (Å²) in [5.41, 5.74) is 3.48. The number of anilines is 2. The van der Waals surface area contributed by atoms with Crippen molar-refractivity contribution in [3.05, 3.63) is 59.4 Å². The van der Waals surface area contributed by atoms with Crippen LogP contribution >= 0.6 is 0 Å². The van der Waals surface area contributed by atoms with Gasteiger partial charge in [0.1, 0.15) is 5.82 Å². The van der Waals surface area contributed by atoms with Crippen molar-refractivity contribution in [2.75, 3.05) is 36.4 Å². The van der Waals surface area contributed by atoms with Gasteiger partial charge in [-0.15, -0.1) is 0 Å². The first kappa shape index (κ1) is 17.5. The van der Waals surface area contributed by atoms with Gasteiger partial charge in [-0.25, -0.2) is 4.39 Å². The van der Waals surface area contributed by atoms with Gasteiger partial charge in [-0.2, -0.15) is 0 Å². The molecule has 140 valence electrons. The molecule has 0 saturated carbocycles. The zero-order chi connectivity index (χ0) is 19.0. The summed E-state index contributed by atoms with van der Waals surface area (Å²) >= 11 is 0. The lowest BCUT2D eigenvalue weighted by Crippen LogP contribution is -2.50. The molecule has 27 heavy (non-hydrogen) atoms. The lowest BCUT2D eigenvalue weighted by Gasteiger charge is -2.38. The molecule has 2 aliphatic heterocycles. The fourth-order valence-corrected chi connectivity index (χ4v) is 3.89. The van der Waals surface area contributed by atoms with Crippen LogP contribution < -0.4 is 10.2 Å². The molecule has 1 fully saturated rings. The van der Waals surface area contributed by atoms with Crippen molar-refractivity contribution in [1.82, 2.24) is 4.90 Å². The van der Waals surface area contributed by atoms with Crippen molar-refractivity contribution >= 4 is 23.2 Å². The minimum atomic E-state index is -0.542. The Bertz CT molecular complexity index is 891. The number of nitrogens with zero attached hydrogens (tertiary/aromatic N) is 2. The Morgan fingerprint density at radius 2 is 1.89 bits per heavy atom. The number of nitrogens with one attached hydrogen (secondary N) is 1. The van der Waals surface area contributed by atoms with Crippen molar-refractivity contribution < 1.29 is 14.0 Å². The lowest BCUT2D eigenvalue weighted by molar-refractivity contribution is -0.135. The Kier molecular flexibility index (Phi) is 4.56. The number of amides is 2. The SMILES string of the molecule is Cc1cccc(N2CCN(C(=O)C3CC(=O)Nc4cc(F)ccc43)CC2)c1. The highest BCUT2D eigenvalue weighted by molar-refractivity contribution is 6.01. The number of carbonyl (C=O) groups is 2. The molecule has 2 heterocycles. The number of halogens is 1. The molecule has 0 aromatic heterocycles. The first-order valence-corrected chi connectivity index (χ1v) is 9.21. The Hall–Kier alpha value is -2.89. The molecule has 1 saturated heterocycles. The van der Waals surface area contributed by atoms with Crippen LogP contribution in [0.15, 0.2) is 42.5 Å². The first-order valence-electron chi connectivity index (χ1n) is 9.21. The monoisotopic (exact) mass is 367 g/mol. The van der Waals surface area contributed by atoms with Crippen LogP contribution in [0.3, 0.4) is 0 Å².